The van der Waals surface area contributed by atoms with Gasteiger partial charge in [0.25, 0.3) is 0 Å². The third-order valence-electron chi connectivity index (χ3n) is 2.37. The van der Waals surface area contributed by atoms with Gasteiger partial charge in [-0.15, -0.1) is 11.3 Å². The Morgan fingerprint density at radius 1 is 1.47 bits per heavy atom. The molecule has 0 amide bonds. The lowest BCUT2D eigenvalue weighted by atomic mass is 10.2. The van der Waals surface area contributed by atoms with Crippen LogP contribution in [0.2, 0.25) is 5.02 Å². The first kappa shape index (κ1) is 12.2. The van der Waals surface area contributed by atoms with Gasteiger partial charge in [0.1, 0.15) is 5.01 Å². The molecule has 1 atom stereocenters. The number of benzene rings is 1. The van der Waals surface area contributed by atoms with Gasteiger partial charge in [0.2, 0.25) is 0 Å². The van der Waals surface area contributed by atoms with E-state index in [2.05, 4.69) is 17.2 Å². The molecule has 0 radical (unpaired) electrons. The lowest BCUT2D eigenvalue weighted by Gasteiger charge is -2.14. The molecule has 3 N–H and O–H groups in total. The van der Waals surface area contributed by atoms with Crippen molar-refractivity contribution >= 4 is 34.3 Å². The average molecular weight is 268 g/mol. The fraction of sp³-hybridized carbons (Fsp3) is 0.250. The van der Waals surface area contributed by atoms with Crippen molar-refractivity contribution < 1.29 is 0 Å². The lowest BCUT2D eigenvalue weighted by molar-refractivity contribution is 0.870. The third kappa shape index (κ3) is 2.90. The van der Waals surface area contributed by atoms with E-state index in [1.165, 1.54) is 4.88 Å². The maximum Gasteiger partial charge on any atom is 0.115 e. The minimum Gasteiger partial charge on any atom is -0.399 e. The van der Waals surface area contributed by atoms with Crippen LogP contribution in [0.25, 0.3) is 0 Å². The molecule has 1 unspecified atom stereocenters. The molecule has 0 saturated heterocycles. The fourth-order valence-corrected chi connectivity index (χ4v) is 2.54. The van der Waals surface area contributed by atoms with E-state index in [0.717, 1.165) is 10.7 Å². The topological polar surface area (TPSA) is 50.9 Å². The smallest absolute Gasteiger partial charge is 0.115 e. The number of nitrogens with one attached hydrogen (secondary N) is 1. The summed E-state index contributed by atoms with van der Waals surface area (Å²) in [5.41, 5.74) is 7.19. The molecular formula is C12H14ClN3S. The molecule has 0 aliphatic carbocycles. The Kier molecular flexibility index (Phi) is 3.54. The van der Waals surface area contributed by atoms with E-state index < -0.39 is 0 Å². The Morgan fingerprint density at radius 3 is 2.82 bits per heavy atom. The van der Waals surface area contributed by atoms with Gasteiger partial charge < -0.3 is 11.1 Å². The van der Waals surface area contributed by atoms with Gasteiger partial charge in [-0.2, -0.15) is 0 Å². The Bertz CT molecular complexity index is 524. The summed E-state index contributed by atoms with van der Waals surface area (Å²) < 4.78 is 0. The molecule has 0 aliphatic rings. The Hall–Kier alpha value is -1.26. The highest BCUT2D eigenvalue weighted by molar-refractivity contribution is 7.11. The van der Waals surface area contributed by atoms with Crippen LogP contribution in [0.1, 0.15) is 22.9 Å². The van der Waals surface area contributed by atoms with Crippen molar-refractivity contribution in [2.75, 3.05) is 11.1 Å². The molecule has 0 bridgehead atoms. The maximum absolute atomic E-state index is 6.11. The van der Waals surface area contributed by atoms with Gasteiger partial charge in [-0.05, 0) is 32.0 Å². The molecule has 3 nitrogen and oxygen atoms in total. The van der Waals surface area contributed by atoms with Crippen LogP contribution in [0.5, 0.6) is 0 Å². The average Bonchev–Trinajstić information content (AvgIpc) is 2.69. The molecule has 2 rings (SSSR count). The van der Waals surface area contributed by atoms with Gasteiger partial charge in [0, 0.05) is 16.8 Å². The lowest BCUT2D eigenvalue weighted by Crippen LogP contribution is -2.06. The molecule has 17 heavy (non-hydrogen) atoms. The maximum atomic E-state index is 6.11. The van der Waals surface area contributed by atoms with Gasteiger partial charge >= 0.3 is 0 Å². The minimum atomic E-state index is 0.134. The second-order valence-electron chi connectivity index (χ2n) is 3.91. The number of halogens is 1. The summed E-state index contributed by atoms with van der Waals surface area (Å²) in [6.45, 7) is 4.11. The molecule has 0 spiro atoms. The largest absolute Gasteiger partial charge is 0.399 e. The zero-order chi connectivity index (χ0) is 12.4. The number of hydrogen-bond acceptors (Lipinski definition) is 4. The summed E-state index contributed by atoms with van der Waals surface area (Å²) in [7, 11) is 0. The van der Waals surface area contributed by atoms with Gasteiger partial charge in [-0.3, -0.25) is 0 Å². The van der Waals surface area contributed by atoms with E-state index in [0.29, 0.717) is 10.7 Å². The number of nitrogens with two attached hydrogens (primary N) is 1. The molecule has 0 saturated carbocycles. The van der Waals surface area contributed by atoms with Crippen molar-refractivity contribution in [2.24, 2.45) is 0 Å². The quantitative estimate of drug-likeness (QED) is 0.831. The number of aryl methyl sites for hydroxylation is 1. The van der Waals surface area contributed by atoms with E-state index in [-0.39, 0.29) is 6.04 Å². The minimum absolute atomic E-state index is 0.134. The number of aromatic nitrogens is 1. The van der Waals surface area contributed by atoms with Gasteiger partial charge in [-0.1, -0.05) is 11.6 Å². The fourth-order valence-electron chi connectivity index (χ4n) is 1.52. The Balaban J connectivity index is 2.15. The number of anilines is 2. The van der Waals surface area contributed by atoms with Crippen molar-refractivity contribution in [3.63, 3.8) is 0 Å². The van der Waals surface area contributed by atoms with Crippen LogP contribution < -0.4 is 11.1 Å². The number of rotatable bonds is 3. The van der Waals surface area contributed by atoms with Crippen LogP contribution in [0.3, 0.4) is 0 Å². The van der Waals surface area contributed by atoms with Crippen LogP contribution in [0.15, 0.2) is 24.4 Å². The highest BCUT2D eigenvalue weighted by Gasteiger charge is 2.10. The van der Waals surface area contributed by atoms with Crippen LogP contribution in [-0.2, 0) is 0 Å². The highest BCUT2D eigenvalue weighted by atomic mass is 35.5. The molecule has 2 aromatic rings. The van der Waals surface area contributed by atoms with Gasteiger partial charge in [0.05, 0.1) is 16.8 Å². The summed E-state index contributed by atoms with van der Waals surface area (Å²) in [5.74, 6) is 0. The van der Waals surface area contributed by atoms with Crippen LogP contribution >= 0.6 is 22.9 Å². The summed E-state index contributed by atoms with van der Waals surface area (Å²) in [4.78, 5) is 5.55. The zero-order valence-electron chi connectivity index (χ0n) is 9.70. The van der Waals surface area contributed by atoms with Crippen LogP contribution in [0, 0.1) is 6.92 Å². The molecular weight excluding hydrogens is 254 g/mol. The van der Waals surface area contributed by atoms with E-state index in [1.54, 1.807) is 17.4 Å². The first-order valence-corrected chi connectivity index (χ1v) is 6.49. The molecule has 1 aromatic carbocycles. The second-order valence-corrected chi connectivity index (χ2v) is 5.59. The molecule has 0 aliphatic heterocycles. The predicted octanol–water partition coefficient (Wildman–Crippen LogP) is 3.86. The second kappa shape index (κ2) is 4.94. The summed E-state index contributed by atoms with van der Waals surface area (Å²) in [5, 5.41) is 5.01. The molecule has 1 aromatic heterocycles. The van der Waals surface area contributed by atoms with Crippen molar-refractivity contribution in [3.8, 4) is 0 Å². The van der Waals surface area contributed by atoms with E-state index in [1.807, 2.05) is 25.3 Å². The number of hydrogen-bond donors (Lipinski definition) is 2. The van der Waals surface area contributed by atoms with Crippen LogP contribution in [0.4, 0.5) is 11.4 Å². The van der Waals surface area contributed by atoms with E-state index >= 15 is 0 Å². The SMILES string of the molecule is Cc1cnc(C(C)Nc2ccc(N)cc2Cl)s1. The Labute approximate surface area is 110 Å². The van der Waals surface area contributed by atoms with E-state index in [9.17, 15) is 0 Å². The molecule has 1 heterocycles. The first-order chi connectivity index (χ1) is 8.06. The van der Waals surface area contributed by atoms with Crippen molar-refractivity contribution in [3.05, 3.63) is 39.3 Å². The molecule has 0 fully saturated rings. The molecule has 5 heteroatoms. The van der Waals surface area contributed by atoms with Crippen molar-refractivity contribution in [2.45, 2.75) is 19.9 Å². The zero-order valence-corrected chi connectivity index (χ0v) is 11.3. The normalized spacial score (nSPS) is 12.4. The summed E-state index contributed by atoms with van der Waals surface area (Å²) in [6.07, 6.45) is 1.88. The Morgan fingerprint density at radius 2 is 2.24 bits per heavy atom. The number of nitrogen functional groups attached to an aromatic ring is 1. The predicted molar refractivity (Wildman–Crippen MR) is 74.8 cm³/mol. The first-order valence-electron chi connectivity index (χ1n) is 5.30. The third-order valence-corrected chi connectivity index (χ3v) is 3.78. The number of thiazole rings is 1. The highest BCUT2D eigenvalue weighted by Crippen LogP contribution is 2.29. The monoisotopic (exact) mass is 267 g/mol. The van der Waals surface area contributed by atoms with Crippen molar-refractivity contribution in [1.29, 1.82) is 0 Å². The standard InChI is InChI=1S/C12H14ClN3S/c1-7-6-15-12(17-7)8(2)16-11-4-3-9(14)5-10(11)13/h3-6,8,16H,14H2,1-2H3. The molecule has 90 valence electrons. The van der Waals surface area contributed by atoms with Gasteiger partial charge in [-0.25, -0.2) is 4.98 Å². The number of nitrogens with zero attached hydrogens (tertiary/aromatic N) is 1. The summed E-state index contributed by atoms with van der Waals surface area (Å²) in [6, 6.07) is 5.58. The van der Waals surface area contributed by atoms with Gasteiger partial charge in [0.15, 0.2) is 0 Å². The van der Waals surface area contributed by atoms with E-state index in [4.69, 9.17) is 17.3 Å². The van der Waals surface area contributed by atoms with Crippen molar-refractivity contribution in [1.82, 2.24) is 4.98 Å². The summed E-state index contributed by atoms with van der Waals surface area (Å²) >= 11 is 7.79. The van der Waals surface area contributed by atoms with Crippen LogP contribution in [-0.4, -0.2) is 4.98 Å².